The summed E-state index contributed by atoms with van der Waals surface area (Å²) in [5, 5.41) is 21.8. The summed E-state index contributed by atoms with van der Waals surface area (Å²) < 4.78 is -2.00. The van der Waals surface area contributed by atoms with Crippen LogP contribution in [0.2, 0.25) is 0 Å². The van der Waals surface area contributed by atoms with Crippen molar-refractivity contribution in [2.24, 2.45) is 11.1 Å². The molecule has 2 atom stereocenters. The fourth-order valence-electron chi connectivity index (χ4n) is 1.02. The van der Waals surface area contributed by atoms with E-state index in [9.17, 15) is 5.11 Å². The lowest BCUT2D eigenvalue weighted by Crippen LogP contribution is -2.49. The van der Waals surface area contributed by atoms with Crippen molar-refractivity contribution in [3.8, 4) is 0 Å². The van der Waals surface area contributed by atoms with Crippen LogP contribution in [0.3, 0.4) is 0 Å². The van der Waals surface area contributed by atoms with Gasteiger partial charge in [-0.1, -0.05) is 40.0 Å². The summed E-state index contributed by atoms with van der Waals surface area (Å²) in [7, 11) is 0. The first-order chi connectivity index (χ1) is 5.92. The van der Waals surface area contributed by atoms with Crippen LogP contribution < -0.4 is 0 Å². The largest absolute Gasteiger partial charge is 0.396 e. The predicted molar refractivity (Wildman–Crippen MR) is 50.0 cm³/mol. The van der Waals surface area contributed by atoms with Gasteiger partial charge in [-0.25, -0.2) is 0 Å². The molecule has 4 nitrogen and oxygen atoms in total. The summed E-state index contributed by atoms with van der Waals surface area (Å²) in [6.07, 6.45) is 1.52. The lowest BCUT2D eigenvalue weighted by molar-refractivity contribution is -0.206. The highest BCUT2D eigenvalue weighted by Gasteiger charge is 2.57. The molecule has 0 fully saturated rings. The molecule has 0 aromatic rings. The first kappa shape index (κ1) is 11.3. The van der Waals surface area contributed by atoms with Gasteiger partial charge in [-0.3, -0.25) is 0 Å². The minimum atomic E-state index is -2.00. The molecule has 0 aliphatic carbocycles. The molecule has 1 aliphatic rings. The molecule has 0 bridgehead atoms. The van der Waals surface area contributed by atoms with E-state index in [1.54, 1.807) is 0 Å². The molecular weight excluding hydrogens is 240 g/mol. The zero-order chi connectivity index (χ0) is 10.1. The molecule has 0 spiro atoms. The zero-order valence-electron chi connectivity index (χ0n) is 6.45. The van der Waals surface area contributed by atoms with Crippen LogP contribution in [0.1, 0.15) is 6.42 Å². The van der Waals surface area contributed by atoms with Gasteiger partial charge in [0.25, 0.3) is 9.58 Å². The third-order valence-electron chi connectivity index (χ3n) is 1.78. The van der Waals surface area contributed by atoms with E-state index in [1.807, 2.05) is 0 Å². The molecule has 76 valence electrons. The minimum absolute atomic E-state index is 0.150. The van der Waals surface area contributed by atoms with E-state index in [4.69, 9.17) is 39.9 Å². The molecule has 0 aromatic heterocycles. The van der Waals surface area contributed by atoms with Gasteiger partial charge in [0.15, 0.2) is 0 Å². The smallest absolute Gasteiger partial charge is 0.289 e. The molecule has 1 rings (SSSR count). The third kappa shape index (κ3) is 2.02. The second-order valence-electron chi connectivity index (χ2n) is 2.66. The molecule has 2 N–H and O–H groups in total. The van der Waals surface area contributed by atoms with Crippen LogP contribution >= 0.6 is 34.8 Å². The van der Waals surface area contributed by atoms with Crippen molar-refractivity contribution >= 4 is 41.0 Å². The number of halogens is 3. The number of alkyl halides is 3. The Morgan fingerprint density at radius 3 is 2.62 bits per heavy atom. The second kappa shape index (κ2) is 3.79. The molecular formula is C6H8Cl3NO3. The molecule has 0 saturated carbocycles. The normalized spacial score (nSPS) is 33.5. The third-order valence-corrected chi connectivity index (χ3v) is 2.59. The summed E-state index contributed by atoms with van der Waals surface area (Å²) in [5.41, 5.74) is 0. The minimum Gasteiger partial charge on any atom is -0.396 e. The summed E-state index contributed by atoms with van der Waals surface area (Å²) in [5.74, 6) is -2.61. The quantitative estimate of drug-likeness (QED) is 0.718. The molecule has 0 aromatic carbocycles. The Morgan fingerprint density at radius 1 is 1.54 bits per heavy atom. The van der Waals surface area contributed by atoms with Gasteiger partial charge in [0, 0.05) is 6.61 Å². The average molecular weight is 248 g/mol. The Labute approximate surface area is 90.0 Å². The Kier molecular flexibility index (Phi) is 3.30. The van der Waals surface area contributed by atoms with Crippen molar-refractivity contribution in [3.63, 3.8) is 0 Å². The van der Waals surface area contributed by atoms with Crippen molar-refractivity contribution < 1.29 is 15.1 Å². The lowest BCUT2D eigenvalue weighted by Gasteiger charge is -2.31. The highest BCUT2D eigenvalue weighted by molar-refractivity contribution is 6.68. The van der Waals surface area contributed by atoms with Crippen molar-refractivity contribution in [2.45, 2.75) is 16.0 Å². The van der Waals surface area contributed by atoms with Gasteiger partial charge >= 0.3 is 0 Å². The Balaban J connectivity index is 2.79. The van der Waals surface area contributed by atoms with Gasteiger partial charge in [0.1, 0.15) is 0 Å². The first-order valence-electron chi connectivity index (χ1n) is 3.53. The Bertz CT molecular complexity index is 218. The summed E-state index contributed by atoms with van der Waals surface area (Å²) in [6.45, 7) is -0.150. The number of nitrogens with zero attached hydrogens (tertiary/aromatic N) is 1. The molecule has 0 radical (unpaired) electrons. The van der Waals surface area contributed by atoms with E-state index in [1.165, 1.54) is 6.21 Å². The van der Waals surface area contributed by atoms with Gasteiger partial charge < -0.3 is 15.1 Å². The highest BCUT2D eigenvalue weighted by atomic mass is 35.6. The van der Waals surface area contributed by atoms with Crippen LogP contribution in [0.15, 0.2) is 5.16 Å². The van der Waals surface area contributed by atoms with E-state index in [0.717, 1.165) is 0 Å². The van der Waals surface area contributed by atoms with Crippen molar-refractivity contribution in [3.05, 3.63) is 0 Å². The van der Waals surface area contributed by atoms with Crippen LogP contribution in [-0.4, -0.2) is 32.6 Å². The first-order valence-corrected chi connectivity index (χ1v) is 4.67. The maximum absolute atomic E-state index is 9.76. The molecule has 1 heterocycles. The predicted octanol–water partition coefficient (Wildman–Crippen LogP) is 1.06. The van der Waals surface area contributed by atoms with Crippen LogP contribution in [0.5, 0.6) is 0 Å². The van der Waals surface area contributed by atoms with E-state index in [0.29, 0.717) is 0 Å². The number of aliphatic hydroxyl groups is 2. The van der Waals surface area contributed by atoms with Gasteiger partial charge in [-0.2, -0.15) is 0 Å². The van der Waals surface area contributed by atoms with E-state index >= 15 is 0 Å². The molecule has 1 aliphatic heterocycles. The second-order valence-corrected chi connectivity index (χ2v) is 4.94. The van der Waals surface area contributed by atoms with Crippen LogP contribution in [0.25, 0.3) is 0 Å². The molecule has 13 heavy (non-hydrogen) atoms. The molecule has 0 saturated heterocycles. The van der Waals surface area contributed by atoms with Crippen molar-refractivity contribution in [1.29, 1.82) is 0 Å². The SMILES string of the molecule is OCCC1C=NO[C@]1(O)C(Cl)(Cl)Cl. The summed E-state index contributed by atoms with van der Waals surface area (Å²) in [4.78, 5) is 4.59. The van der Waals surface area contributed by atoms with Gasteiger partial charge in [0.2, 0.25) is 0 Å². The number of hydrogen-bond acceptors (Lipinski definition) is 4. The van der Waals surface area contributed by atoms with Crippen LogP contribution in [0.4, 0.5) is 0 Å². The zero-order valence-corrected chi connectivity index (χ0v) is 8.72. The highest BCUT2D eigenvalue weighted by Crippen LogP contribution is 2.46. The van der Waals surface area contributed by atoms with Gasteiger partial charge in [0.05, 0.1) is 12.1 Å². The van der Waals surface area contributed by atoms with Crippen LogP contribution in [0, 0.1) is 5.92 Å². The number of aliphatic hydroxyl groups excluding tert-OH is 1. The fraction of sp³-hybridized carbons (Fsp3) is 0.833. The number of hydrogen-bond donors (Lipinski definition) is 2. The standard InChI is InChI=1S/C6H8Cl3NO3/c7-6(8,9)5(12)4(1-2-11)3-10-13-5/h3-4,11-12H,1-2H2/t4?,5-/m0/s1. The van der Waals surface area contributed by atoms with E-state index in [-0.39, 0.29) is 13.0 Å². The van der Waals surface area contributed by atoms with Crippen LogP contribution in [-0.2, 0) is 4.84 Å². The van der Waals surface area contributed by atoms with E-state index in [2.05, 4.69) is 9.99 Å². The lowest BCUT2D eigenvalue weighted by atomic mass is 9.98. The van der Waals surface area contributed by atoms with Crippen molar-refractivity contribution in [2.75, 3.05) is 6.61 Å². The monoisotopic (exact) mass is 247 g/mol. The molecule has 0 amide bonds. The molecule has 7 heteroatoms. The van der Waals surface area contributed by atoms with Gasteiger partial charge in [-0.05, 0) is 6.42 Å². The number of rotatable bonds is 2. The van der Waals surface area contributed by atoms with Crippen molar-refractivity contribution in [1.82, 2.24) is 0 Å². The fourth-order valence-corrected chi connectivity index (χ4v) is 1.55. The van der Waals surface area contributed by atoms with E-state index < -0.39 is 15.5 Å². The molecule has 1 unspecified atom stereocenters. The summed E-state index contributed by atoms with van der Waals surface area (Å²) in [6, 6.07) is 0. The summed E-state index contributed by atoms with van der Waals surface area (Å²) >= 11 is 16.5. The average Bonchev–Trinajstić information content (AvgIpc) is 2.33. The Morgan fingerprint density at radius 2 is 2.15 bits per heavy atom. The maximum Gasteiger partial charge on any atom is 0.289 e. The number of oxime groups is 1. The topological polar surface area (TPSA) is 62.1 Å². The Hall–Kier alpha value is 0.260. The van der Waals surface area contributed by atoms with Gasteiger partial charge in [-0.15, -0.1) is 0 Å². The maximum atomic E-state index is 9.76.